The van der Waals surface area contributed by atoms with Crippen molar-refractivity contribution in [1.29, 1.82) is 0 Å². The number of hydrogen-bond acceptors (Lipinski definition) is 2. The average molecular weight is 236 g/mol. The number of aryl methyl sites for hydroxylation is 2. The Kier molecular flexibility index (Phi) is 8.36. The molecule has 1 aromatic rings. The molecular formula is C11H16O2Si2. The summed E-state index contributed by atoms with van der Waals surface area (Å²) >= 11 is 0. The molecule has 0 saturated carbocycles. The molecule has 1 aromatic carbocycles. The van der Waals surface area contributed by atoms with Gasteiger partial charge in [-0.15, -0.1) is 0 Å². The van der Waals surface area contributed by atoms with E-state index >= 15 is 0 Å². The molecule has 0 unspecified atom stereocenters. The van der Waals surface area contributed by atoms with Gasteiger partial charge in [0.25, 0.3) is 0 Å². The first-order valence-corrected chi connectivity index (χ1v) is 5.75. The lowest BCUT2D eigenvalue weighted by atomic mass is 10.0. The number of benzene rings is 1. The Hall–Kier alpha value is -0.586. The van der Waals surface area contributed by atoms with Gasteiger partial charge in [0, 0.05) is 0 Å². The summed E-state index contributed by atoms with van der Waals surface area (Å²) in [5.74, 6) is 0.381. The van der Waals surface area contributed by atoms with E-state index in [4.69, 9.17) is 0 Å². The molecule has 0 aliphatic carbocycles. The van der Waals surface area contributed by atoms with Crippen LogP contribution < -0.4 is 0 Å². The number of unbranched alkanes of at least 4 members (excludes halogenated alkanes) is 1. The van der Waals surface area contributed by atoms with Gasteiger partial charge in [-0.2, -0.15) is 0 Å². The van der Waals surface area contributed by atoms with E-state index in [-0.39, 0.29) is 0 Å². The molecule has 1 N–H and O–H groups in total. The molecule has 0 saturated heterocycles. The van der Waals surface area contributed by atoms with E-state index in [1.165, 1.54) is 24.0 Å². The van der Waals surface area contributed by atoms with Crippen molar-refractivity contribution in [2.45, 2.75) is 33.1 Å². The smallest absolute Gasteiger partial charge is 0.229 e. The van der Waals surface area contributed by atoms with Crippen LogP contribution in [0.25, 0.3) is 0 Å². The SMILES string of the molecule is CCCCc1cc(O)ccc1C.[Si]O[Si]. The molecule has 0 aliphatic heterocycles. The lowest BCUT2D eigenvalue weighted by Crippen LogP contribution is -1.88. The summed E-state index contributed by atoms with van der Waals surface area (Å²) in [7, 11) is 5.19. The van der Waals surface area contributed by atoms with Crippen LogP contribution in [0, 0.1) is 6.92 Å². The Morgan fingerprint density at radius 2 is 1.93 bits per heavy atom. The third-order valence-electron chi connectivity index (χ3n) is 2.13. The highest BCUT2D eigenvalue weighted by atomic mass is 28.3. The Balaban J connectivity index is 0.000000583. The first kappa shape index (κ1) is 14.4. The van der Waals surface area contributed by atoms with Crippen LogP contribution in [0.2, 0.25) is 0 Å². The largest absolute Gasteiger partial charge is 0.508 e. The Bertz CT molecular complexity index is 277. The molecule has 1 rings (SSSR count). The maximum Gasteiger partial charge on any atom is 0.229 e. The van der Waals surface area contributed by atoms with Gasteiger partial charge < -0.3 is 9.22 Å². The van der Waals surface area contributed by atoms with Crippen LogP contribution in [-0.2, 0) is 10.5 Å². The van der Waals surface area contributed by atoms with Gasteiger partial charge in [0.15, 0.2) is 0 Å². The molecule has 4 heteroatoms. The summed E-state index contributed by atoms with van der Waals surface area (Å²) in [6, 6.07) is 5.58. The first-order chi connectivity index (χ1) is 7.15. The molecule has 80 valence electrons. The lowest BCUT2D eigenvalue weighted by molar-refractivity contribution is 0.474. The summed E-state index contributed by atoms with van der Waals surface area (Å²) in [6.07, 6.45) is 3.48. The summed E-state index contributed by atoms with van der Waals surface area (Å²) in [4.78, 5) is 0. The van der Waals surface area contributed by atoms with Crippen LogP contribution in [0.5, 0.6) is 5.75 Å². The van der Waals surface area contributed by atoms with Gasteiger partial charge in [-0.25, -0.2) is 0 Å². The highest BCUT2D eigenvalue weighted by Crippen LogP contribution is 2.17. The van der Waals surface area contributed by atoms with Crippen LogP contribution in [-0.4, -0.2) is 26.1 Å². The van der Waals surface area contributed by atoms with Crippen molar-refractivity contribution in [3.8, 4) is 5.75 Å². The molecule has 0 aromatic heterocycles. The van der Waals surface area contributed by atoms with Crippen molar-refractivity contribution in [2.24, 2.45) is 0 Å². The fourth-order valence-corrected chi connectivity index (χ4v) is 1.29. The number of phenols is 1. The highest BCUT2D eigenvalue weighted by molar-refractivity contribution is 6.15. The van der Waals surface area contributed by atoms with Crippen molar-refractivity contribution >= 4 is 21.0 Å². The summed E-state index contributed by atoms with van der Waals surface area (Å²) in [6.45, 7) is 4.27. The normalized spacial score (nSPS) is 9.33. The second-order valence-corrected chi connectivity index (χ2v) is 4.13. The number of hydrogen-bond donors (Lipinski definition) is 1. The Morgan fingerprint density at radius 1 is 1.33 bits per heavy atom. The molecule has 0 amide bonds. The van der Waals surface area contributed by atoms with Crippen molar-refractivity contribution in [3.05, 3.63) is 29.3 Å². The summed E-state index contributed by atoms with van der Waals surface area (Å²) in [5.41, 5.74) is 2.55. The predicted octanol–water partition coefficient (Wildman–Crippen LogP) is 2.21. The van der Waals surface area contributed by atoms with Gasteiger partial charge in [0.1, 0.15) is 5.75 Å². The molecule has 2 nitrogen and oxygen atoms in total. The van der Waals surface area contributed by atoms with Gasteiger partial charge in [0.05, 0.1) is 0 Å². The van der Waals surface area contributed by atoms with Crippen LogP contribution in [0.3, 0.4) is 0 Å². The van der Waals surface area contributed by atoms with E-state index in [2.05, 4.69) is 38.9 Å². The maximum absolute atomic E-state index is 9.24. The van der Waals surface area contributed by atoms with E-state index in [1.54, 1.807) is 6.07 Å². The quantitative estimate of drug-likeness (QED) is 0.815. The fraction of sp³-hybridized carbons (Fsp3) is 0.455. The minimum atomic E-state index is 0.381. The minimum Gasteiger partial charge on any atom is -0.508 e. The van der Waals surface area contributed by atoms with Gasteiger partial charge >= 0.3 is 0 Å². The zero-order valence-corrected chi connectivity index (χ0v) is 11.2. The third-order valence-corrected chi connectivity index (χ3v) is 2.13. The van der Waals surface area contributed by atoms with Gasteiger partial charge in [0.2, 0.25) is 21.0 Å². The molecule has 15 heavy (non-hydrogen) atoms. The van der Waals surface area contributed by atoms with E-state index < -0.39 is 0 Å². The topological polar surface area (TPSA) is 29.5 Å². The molecule has 6 radical (unpaired) electrons. The monoisotopic (exact) mass is 236 g/mol. The molecule has 0 atom stereocenters. The molecule has 0 heterocycles. The van der Waals surface area contributed by atoms with Crippen LogP contribution in [0.15, 0.2) is 18.2 Å². The summed E-state index contributed by atoms with van der Waals surface area (Å²) in [5, 5.41) is 9.24. The van der Waals surface area contributed by atoms with Crippen LogP contribution >= 0.6 is 0 Å². The Labute approximate surface area is 98.8 Å². The molecule has 0 fully saturated rings. The maximum atomic E-state index is 9.24. The predicted molar refractivity (Wildman–Crippen MR) is 64.0 cm³/mol. The minimum absolute atomic E-state index is 0.381. The lowest BCUT2D eigenvalue weighted by Gasteiger charge is -2.04. The number of rotatable bonds is 3. The van der Waals surface area contributed by atoms with Gasteiger partial charge in [-0.1, -0.05) is 19.4 Å². The fourth-order valence-electron chi connectivity index (χ4n) is 1.29. The highest BCUT2D eigenvalue weighted by Gasteiger charge is 1.98. The van der Waals surface area contributed by atoms with E-state index in [1.807, 2.05) is 12.1 Å². The van der Waals surface area contributed by atoms with Crippen molar-refractivity contribution in [3.63, 3.8) is 0 Å². The average Bonchev–Trinajstić information content (AvgIpc) is 2.21. The zero-order chi connectivity index (χ0) is 11.7. The van der Waals surface area contributed by atoms with Gasteiger partial charge in [-0.3, -0.25) is 0 Å². The summed E-state index contributed by atoms with van der Waals surface area (Å²) < 4.78 is 3.86. The number of phenolic OH excluding ortho intramolecular Hbond substituents is 1. The third kappa shape index (κ3) is 6.49. The second-order valence-electron chi connectivity index (χ2n) is 3.32. The van der Waals surface area contributed by atoms with Gasteiger partial charge in [-0.05, 0) is 43.0 Å². The Morgan fingerprint density at radius 3 is 2.47 bits per heavy atom. The van der Waals surface area contributed by atoms with Crippen molar-refractivity contribution < 1.29 is 9.22 Å². The van der Waals surface area contributed by atoms with Crippen molar-refractivity contribution in [1.82, 2.24) is 0 Å². The van der Waals surface area contributed by atoms with E-state index in [9.17, 15) is 5.11 Å². The molecule has 0 spiro atoms. The van der Waals surface area contributed by atoms with Crippen molar-refractivity contribution in [2.75, 3.05) is 0 Å². The second kappa shape index (κ2) is 8.70. The number of aromatic hydroxyl groups is 1. The standard InChI is InChI=1S/C11H16O.OSi2/c1-3-4-5-10-8-11(12)7-6-9(10)2;2-1-3/h6-8,12H,3-5H2,1-2H3;. The molecule has 0 aliphatic rings. The zero-order valence-electron chi connectivity index (χ0n) is 9.21. The van der Waals surface area contributed by atoms with E-state index in [0.717, 1.165) is 6.42 Å². The molecule has 0 bridgehead atoms. The van der Waals surface area contributed by atoms with E-state index in [0.29, 0.717) is 5.75 Å². The van der Waals surface area contributed by atoms with Crippen LogP contribution in [0.4, 0.5) is 0 Å². The molecular weight excluding hydrogens is 220 g/mol. The first-order valence-electron chi connectivity index (χ1n) is 4.93. The van der Waals surface area contributed by atoms with Crippen LogP contribution in [0.1, 0.15) is 30.9 Å².